The second-order valence-electron chi connectivity index (χ2n) is 4.60. The molecule has 0 radical (unpaired) electrons. The molecule has 0 bridgehead atoms. The first-order valence-electron chi connectivity index (χ1n) is 5.54. The first-order valence-corrected chi connectivity index (χ1v) is 6.71. The molecule has 1 heterocycles. The normalized spacial score (nSPS) is 14.5. The zero-order valence-corrected chi connectivity index (χ0v) is 12.5. The molecule has 0 fully saturated rings. The first-order chi connectivity index (χ1) is 8.38. The quantitative estimate of drug-likeness (QED) is 0.938. The predicted octanol–water partition coefficient (Wildman–Crippen LogP) is 3.29. The third-order valence-electron chi connectivity index (χ3n) is 2.82. The number of aliphatic hydroxyl groups is 1. The molecule has 0 aliphatic carbocycles. The Morgan fingerprint density at radius 2 is 2.22 bits per heavy atom. The van der Waals surface area contributed by atoms with Crippen LogP contribution in [0.5, 0.6) is 0 Å². The van der Waals surface area contributed by atoms with Crippen molar-refractivity contribution in [2.45, 2.75) is 18.9 Å². The highest BCUT2D eigenvalue weighted by atomic mass is 79.9. The van der Waals surface area contributed by atoms with Crippen LogP contribution >= 0.6 is 27.5 Å². The maximum atomic E-state index is 10.6. The van der Waals surface area contributed by atoms with Crippen molar-refractivity contribution < 1.29 is 5.11 Å². The lowest BCUT2D eigenvalue weighted by atomic mass is 9.90. The van der Waals surface area contributed by atoms with Gasteiger partial charge in [-0.15, -0.1) is 0 Å². The van der Waals surface area contributed by atoms with E-state index in [0.29, 0.717) is 11.4 Å². The van der Waals surface area contributed by atoms with Gasteiger partial charge in [-0.25, -0.2) is 0 Å². The van der Waals surface area contributed by atoms with Gasteiger partial charge < -0.3 is 5.11 Å². The van der Waals surface area contributed by atoms with E-state index in [1.165, 1.54) is 0 Å². The highest BCUT2D eigenvalue weighted by Crippen LogP contribution is 2.32. The van der Waals surface area contributed by atoms with Gasteiger partial charge in [0, 0.05) is 34.7 Å². The molecule has 1 atom stereocenters. The van der Waals surface area contributed by atoms with Crippen molar-refractivity contribution in [3.05, 3.63) is 51.2 Å². The lowest BCUT2D eigenvalue weighted by Gasteiger charge is -2.24. The van der Waals surface area contributed by atoms with Gasteiger partial charge in [0.05, 0.1) is 11.8 Å². The second-order valence-corrected chi connectivity index (χ2v) is 5.92. The zero-order chi connectivity index (χ0) is 13.3. The third-order valence-corrected chi connectivity index (χ3v) is 3.62. The van der Waals surface area contributed by atoms with Crippen LogP contribution in [0.1, 0.15) is 18.1 Å². The van der Waals surface area contributed by atoms with Crippen LogP contribution in [0.2, 0.25) is 5.02 Å². The number of halogens is 2. The summed E-state index contributed by atoms with van der Waals surface area (Å²) in [5.41, 5.74) is 0.679. The third kappa shape index (κ3) is 2.94. The Bertz CT molecular complexity index is 566. The van der Waals surface area contributed by atoms with Gasteiger partial charge in [-0.3, -0.25) is 4.68 Å². The summed E-state index contributed by atoms with van der Waals surface area (Å²) in [5.74, 6) is 0. The van der Waals surface area contributed by atoms with Crippen molar-refractivity contribution in [3.8, 4) is 0 Å². The maximum Gasteiger partial charge on any atom is 0.0924 e. The molecule has 0 amide bonds. The van der Waals surface area contributed by atoms with Gasteiger partial charge >= 0.3 is 0 Å². The van der Waals surface area contributed by atoms with Gasteiger partial charge in [0.15, 0.2) is 0 Å². The fourth-order valence-corrected chi connectivity index (χ4v) is 2.86. The van der Waals surface area contributed by atoms with Crippen molar-refractivity contribution in [2.75, 3.05) is 0 Å². The van der Waals surface area contributed by atoms with Gasteiger partial charge in [0.2, 0.25) is 0 Å². The largest absolute Gasteiger partial charge is 0.385 e. The molecule has 0 spiro atoms. The number of aromatic nitrogens is 2. The molecule has 0 aliphatic heterocycles. The molecule has 0 saturated carbocycles. The summed E-state index contributed by atoms with van der Waals surface area (Å²) in [7, 11) is 1.85. The lowest BCUT2D eigenvalue weighted by Crippen LogP contribution is -2.24. The van der Waals surface area contributed by atoms with Crippen LogP contribution in [0.4, 0.5) is 0 Å². The van der Waals surface area contributed by atoms with Crippen molar-refractivity contribution in [1.82, 2.24) is 9.78 Å². The number of nitrogens with zero attached hydrogens (tertiary/aromatic N) is 2. The van der Waals surface area contributed by atoms with E-state index in [2.05, 4.69) is 21.0 Å². The summed E-state index contributed by atoms with van der Waals surface area (Å²) < 4.78 is 2.61. The Morgan fingerprint density at radius 1 is 1.50 bits per heavy atom. The minimum absolute atomic E-state index is 0.474. The summed E-state index contributed by atoms with van der Waals surface area (Å²) in [5, 5.41) is 15.2. The van der Waals surface area contributed by atoms with Crippen LogP contribution in [0.3, 0.4) is 0 Å². The molecule has 3 nitrogen and oxygen atoms in total. The molecule has 1 N–H and O–H groups in total. The Balaban J connectivity index is 2.29. The second kappa shape index (κ2) is 5.03. The van der Waals surface area contributed by atoms with Crippen LogP contribution in [0.25, 0.3) is 0 Å². The summed E-state index contributed by atoms with van der Waals surface area (Å²) >= 11 is 9.53. The smallest absolute Gasteiger partial charge is 0.0924 e. The molecule has 96 valence electrons. The van der Waals surface area contributed by atoms with Crippen molar-refractivity contribution >= 4 is 27.5 Å². The Labute approximate surface area is 120 Å². The number of rotatable bonds is 3. The fraction of sp³-hybridized carbons (Fsp3) is 0.308. The van der Waals surface area contributed by atoms with Crippen LogP contribution in [-0.4, -0.2) is 14.9 Å². The number of aryl methyl sites for hydroxylation is 1. The van der Waals surface area contributed by atoms with E-state index in [9.17, 15) is 5.11 Å². The molecule has 1 aromatic heterocycles. The topological polar surface area (TPSA) is 38.0 Å². The van der Waals surface area contributed by atoms with E-state index in [1.807, 2.05) is 25.4 Å². The van der Waals surface area contributed by atoms with E-state index in [4.69, 9.17) is 11.6 Å². The Hall–Kier alpha value is -0.840. The lowest BCUT2D eigenvalue weighted by molar-refractivity contribution is 0.0577. The SMILES string of the molecule is Cn1cc(CC(C)(O)c2ccc(Br)cc2Cl)cn1. The van der Waals surface area contributed by atoms with Crippen molar-refractivity contribution in [3.63, 3.8) is 0 Å². The average Bonchev–Trinajstić information content (AvgIpc) is 2.62. The average molecular weight is 330 g/mol. The van der Waals surface area contributed by atoms with Crippen LogP contribution in [0, 0.1) is 0 Å². The van der Waals surface area contributed by atoms with E-state index in [-0.39, 0.29) is 0 Å². The standard InChI is InChI=1S/C13H14BrClN2O/c1-13(18,6-9-7-16-17(2)8-9)11-4-3-10(14)5-12(11)15/h3-5,7-8,18H,6H2,1-2H3. The summed E-state index contributed by atoms with van der Waals surface area (Å²) in [4.78, 5) is 0. The van der Waals surface area contributed by atoms with Gasteiger partial charge in [-0.05, 0) is 24.6 Å². The molecular formula is C13H14BrClN2O. The molecule has 0 aliphatic rings. The van der Waals surface area contributed by atoms with E-state index < -0.39 is 5.60 Å². The molecular weight excluding hydrogens is 316 g/mol. The van der Waals surface area contributed by atoms with Crippen LogP contribution < -0.4 is 0 Å². The Kier molecular flexibility index (Phi) is 3.80. The summed E-state index contributed by atoms with van der Waals surface area (Å²) in [6.45, 7) is 1.76. The summed E-state index contributed by atoms with van der Waals surface area (Å²) in [6.07, 6.45) is 4.12. The number of hydrogen-bond acceptors (Lipinski definition) is 2. The molecule has 0 saturated heterocycles. The fourth-order valence-electron chi connectivity index (χ4n) is 1.98. The molecule has 1 unspecified atom stereocenters. The molecule has 1 aromatic carbocycles. The minimum Gasteiger partial charge on any atom is -0.385 e. The zero-order valence-electron chi connectivity index (χ0n) is 10.2. The monoisotopic (exact) mass is 328 g/mol. The summed E-state index contributed by atoms with van der Waals surface area (Å²) in [6, 6.07) is 5.50. The predicted molar refractivity (Wildman–Crippen MR) is 75.6 cm³/mol. The molecule has 18 heavy (non-hydrogen) atoms. The van der Waals surface area contributed by atoms with E-state index in [1.54, 1.807) is 23.9 Å². The molecule has 5 heteroatoms. The van der Waals surface area contributed by atoms with E-state index >= 15 is 0 Å². The Morgan fingerprint density at radius 3 is 2.78 bits per heavy atom. The number of benzene rings is 1. The van der Waals surface area contributed by atoms with Gasteiger partial charge in [-0.2, -0.15) is 5.10 Å². The van der Waals surface area contributed by atoms with Crippen molar-refractivity contribution in [1.29, 1.82) is 0 Å². The van der Waals surface area contributed by atoms with Gasteiger partial charge in [-0.1, -0.05) is 33.6 Å². The van der Waals surface area contributed by atoms with E-state index in [0.717, 1.165) is 15.6 Å². The van der Waals surface area contributed by atoms with Gasteiger partial charge in [0.25, 0.3) is 0 Å². The van der Waals surface area contributed by atoms with Crippen LogP contribution in [-0.2, 0) is 19.1 Å². The van der Waals surface area contributed by atoms with Crippen molar-refractivity contribution in [2.24, 2.45) is 7.05 Å². The minimum atomic E-state index is -1.01. The van der Waals surface area contributed by atoms with Gasteiger partial charge in [0.1, 0.15) is 0 Å². The molecule has 2 aromatic rings. The van der Waals surface area contributed by atoms with Crippen LogP contribution in [0.15, 0.2) is 35.1 Å². The number of hydrogen-bond donors (Lipinski definition) is 1. The first kappa shape index (κ1) is 13.6. The highest BCUT2D eigenvalue weighted by molar-refractivity contribution is 9.10. The maximum absolute atomic E-state index is 10.6. The highest BCUT2D eigenvalue weighted by Gasteiger charge is 2.26. The molecule has 2 rings (SSSR count).